The Morgan fingerprint density at radius 2 is 1.48 bits per heavy atom. The third kappa shape index (κ3) is 3.12. The molecule has 0 unspecified atom stereocenters. The molecule has 0 bridgehead atoms. The molecule has 0 fully saturated rings. The first-order valence-corrected chi connectivity index (χ1v) is 11.4. The van der Waals surface area contributed by atoms with Gasteiger partial charge in [-0.1, -0.05) is 51.6 Å². The van der Waals surface area contributed by atoms with E-state index < -0.39 is 6.34 Å². The van der Waals surface area contributed by atoms with E-state index >= 15 is 0 Å². The number of aryl methyl sites for hydroxylation is 1. The Bertz CT molecular complexity index is 673. The van der Waals surface area contributed by atoms with Gasteiger partial charge in [0.2, 0.25) is 0 Å². The summed E-state index contributed by atoms with van der Waals surface area (Å²) in [6.45, 7) is 15.7. The second-order valence-corrected chi connectivity index (χ2v) is 9.61. The minimum absolute atomic E-state index is 0.900. The SMILES string of the molecule is CCN(CC)P(=S)(c1nc2ccccc2n1CC)N(CC)CC. The molecular formula is C17H29N4PS. The lowest BCUT2D eigenvalue weighted by atomic mass is 10.3. The number of fused-ring (bicyclic) bond motifs is 1. The third-order valence-electron chi connectivity index (χ3n) is 4.44. The molecule has 2 aromatic rings. The highest BCUT2D eigenvalue weighted by molar-refractivity contribution is 8.15. The van der Waals surface area contributed by atoms with Crippen molar-refractivity contribution in [3.8, 4) is 0 Å². The van der Waals surface area contributed by atoms with Crippen molar-refractivity contribution >= 4 is 34.7 Å². The summed E-state index contributed by atoms with van der Waals surface area (Å²) in [6.07, 6.45) is -2.07. The van der Waals surface area contributed by atoms with Crippen LogP contribution in [0.4, 0.5) is 0 Å². The largest absolute Gasteiger partial charge is 0.322 e. The molecule has 2 rings (SSSR count). The summed E-state index contributed by atoms with van der Waals surface area (Å²) in [5.41, 5.74) is 3.33. The van der Waals surface area contributed by atoms with Gasteiger partial charge in [-0.25, -0.2) is 4.98 Å². The zero-order valence-corrected chi connectivity index (χ0v) is 16.7. The number of hydrogen-bond donors (Lipinski definition) is 0. The van der Waals surface area contributed by atoms with Gasteiger partial charge in [-0.05, 0) is 19.1 Å². The minimum atomic E-state index is -2.07. The van der Waals surface area contributed by atoms with E-state index in [2.05, 4.69) is 72.8 Å². The molecule has 0 aliphatic carbocycles. The molecule has 0 aliphatic rings. The van der Waals surface area contributed by atoms with Crippen LogP contribution in [0.25, 0.3) is 11.0 Å². The highest BCUT2D eigenvalue weighted by atomic mass is 32.4. The summed E-state index contributed by atoms with van der Waals surface area (Å²) in [7, 11) is 0. The lowest BCUT2D eigenvalue weighted by Crippen LogP contribution is -2.40. The summed E-state index contributed by atoms with van der Waals surface area (Å²) in [5, 5.41) is 0. The molecule has 0 spiro atoms. The third-order valence-corrected chi connectivity index (χ3v) is 9.84. The van der Waals surface area contributed by atoms with Crippen LogP contribution in [0.15, 0.2) is 24.3 Å². The quantitative estimate of drug-likeness (QED) is 0.677. The van der Waals surface area contributed by atoms with E-state index in [-0.39, 0.29) is 0 Å². The first kappa shape index (κ1) is 18.6. The van der Waals surface area contributed by atoms with Crippen molar-refractivity contribution in [2.45, 2.75) is 41.2 Å². The van der Waals surface area contributed by atoms with Crippen LogP contribution in [0.5, 0.6) is 0 Å². The highest BCUT2D eigenvalue weighted by Crippen LogP contribution is 2.52. The number of benzene rings is 1. The van der Waals surface area contributed by atoms with Crippen LogP contribution >= 0.6 is 6.34 Å². The maximum Gasteiger partial charge on any atom is 0.172 e. The lowest BCUT2D eigenvalue weighted by Gasteiger charge is -2.40. The first-order chi connectivity index (χ1) is 11.1. The molecular weight excluding hydrogens is 323 g/mol. The van der Waals surface area contributed by atoms with Gasteiger partial charge in [0.05, 0.1) is 11.0 Å². The average Bonchev–Trinajstić information content (AvgIpc) is 2.96. The van der Waals surface area contributed by atoms with Crippen LogP contribution < -0.4 is 5.57 Å². The Balaban J connectivity index is 2.76. The van der Waals surface area contributed by atoms with Gasteiger partial charge in [0, 0.05) is 32.7 Å². The molecule has 128 valence electrons. The van der Waals surface area contributed by atoms with Crippen molar-refractivity contribution in [3.63, 3.8) is 0 Å². The standard InChI is InChI=1S/C17H29N4PS/c1-6-19(7-2)22(23,20(8-3)9-4)17-18-15-13-11-12-14-16(15)21(17)10-5/h11-14H,6-10H2,1-5H3. The van der Waals surface area contributed by atoms with E-state index in [1.807, 2.05) is 0 Å². The Kier molecular flexibility index (Phi) is 6.38. The van der Waals surface area contributed by atoms with Gasteiger partial charge >= 0.3 is 0 Å². The predicted octanol–water partition coefficient (Wildman–Crippen LogP) is 3.67. The fourth-order valence-electron chi connectivity index (χ4n) is 3.24. The van der Waals surface area contributed by atoms with Gasteiger partial charge in [0.25, 0.3) is 0 Å². The van der Waals surface area contributed by atoms with Crippen molar-refractivity contribution in [2.24, 2.45) is 0 Å². The Hall–Kier alpha value is -0.740. The number of imidazole rings is 1. The van der Waals surface area contributed by atoms with E-state index in [9.17, 15) is 0 Å². The molecule has 0 aliphatic heterocycles. The van der Waals surface area contributed by atoms with Crippen LogP contribution in [-0.2, 0) is 18.4 Å². The minimum Gasteiger partial charge on any atom is -0.322 e. The fraction of sp³-hybridized carbons (Fsp3) is 0.588. The molecule has 0 saturated carbocycles. The second kappa shape index (κ2) is 7.89. The number of aromatic nitrogens is 2. The summed E-state index contributed by atoms with van der Waals surface area (Å²) in [4.78, 5) is 5.01. The first-order valence-electron chi connectivity index (χ1n) is 8.64. The fourth-order valence-corrected chi connectivity index (χ4v) is 8.25. The molecule has 0 N–H and O–H groups in total. The maximum atomic E-state index is 6.38. The lowest BCUT2D eigenvalue weighted by molar-refractivity contribution is 0.426. The van der Waals surface area contributed by atoms with Gasteiger partial charge < -0.3 is 4.57 Å². The Morgan fingerprint density at radius 1 is 0.957 bits per heavy atom. The van der Waals surface area contributed by atoms with Gasteiger partial charge in [0.15, 0.2) is 5.57 Å². The Morgan fingerprint density at radius 3 is 1.96 bits per heavy atom. The van der Waals surface area contributed by atoms with Crippen molar-refractivity contribution in [2.75, 3.05) is 26.2 Å². The average molecular weight is 352 g/mol. The molecule has 1 heterocycles. The number of para-hydroxylation sites is 2. The van der Waals surface area contributed by atoms with Gasteiger partial charge in [-0.2, -0.15) is 0 Å². The number of nitrogens with zero attached hydrogens (tertiary/aromatic N) is 4. The topological polar surface area (TPSA) is 24.3 Å². The second-order valence-electron chi connectivity index (χ2n) is 5.47. The van der Waals surface area contributed by atoms with Crippen molar-refractivity contribution in [1.29, 1.82) is 0 Å². The predicted molar refractivity (Wildman–Crippen MR) is 105 cm³/mol. The molecule has 0 amide bonds. The molecule has 0 saturated heterocycles. The molecule has 23 heavy (non-hydrogen) atoms. The normalized spacial score (nSPS) is 12.7. The summed E-state index contributed by atoms with van der Waals surface area (Å²) < 4.78 is 7.22. The van der Waals surface area contributed by atoms with Crippen LogP contribution in [0.3, 0.4) is 0 Å². The van der Waals surface area contributed by atoms with E-state index in [0.29, 0.717) is 0 Å². The van der Waals surface area contributed by atoms with Gasteiger partial charge in [-0.15, -0.1) is 0 Å². The van der Waals surface area contributed by atoms with E-state index in [0.717, 1.165) is 43.8 Å². The molecule has 6 heteroatoms. The number of rotatable bonds is 8. The zero-order chi connectivity index (χ0) is 17.0. The Labute approximate surface area is 145 Å². The van der Waals surface area contributed by atoms with Crippen LogP contribution in [0, 0.1) is 0 Å². The summed E-state index contributed by atoms with van der Waals surface area (Å²) in [5.74, 6) is 0. The zero-order valence-electron chi connectivity index (χ0n) is 15.0. The van der Waals surface area contributed by atoms with E-state index in [4.69, 9.17) is 16.8 Å². The van der Waals surface area contributed by atoms with E-state index in [1.165, 1.54) is 5.52 Å². The van der Waals surface area contributed by atoms with Crippen LogP contribution in [0.1, 0.15) is 34.6 Å². The summed E-state index contributed by atoms with van der Waals surface area (Å²) >= 11 is 6.38. The molecule has 0 radical (unpaired) electrons. The molecule has 4 nitrogen and oxygen atoms in total. The maximum absolute atomic E-state index is 6.38. The van der Waals surface area contributed by atoms with Crippen LogP contribution in [0.2, 0.25) is 0 Å². The highest BCUT2D eigenvalue weighted by Gasteiger charge is 2.35. The summed E-state index contributed by atoms with van der Waals surface area (Å²) in [6, 6.07) is 8.38. The molecule has 1 aromatic carbocycles. The molecule has 0 atom stereocenters. The monoisotopic (exact) mass is 352 g/mol. The van der Waals surface area contributed by atoms with Gasteiger partial charge in [0.1, 0.15) is 6.34 Å². The van der Waals surface area contributed by atoms with Crippen molar-refractivity contribution in [1.82, 2.24) is 18.9 Å². The van der Waals surface area contributed by atoms with Crippen molar-refractivity contribution in [3.05, 3.63) is 24.3 Å². The molecule has 1 aromatic heterocycles. The smallest absolute Gasteiger partial charge is 0.172 e. The van der Waals surface area contributed by atoms with Crippen LogP contribution in [-0.4, -0.2) is 45.1 Å². The number of hydrogen-bond acceptors (Lipinski definition) is 2. The van der Waals surface area contributed by atoms with E-state index in [1.54, 1.807) is 0 Å². The van der Waals surface area contributed by atoms with Crippen molar-refractivity contribution < 1.29 is 0 Å². The van der Waals surface area contributed by atoms with Gasteiger partial charge in [-0.3, -0.25) is 9.34 Å².